The van der Waals surface area contributed by atoms with E-state index in [1.807, 2.05) is 6.08 Å². The predicted octanol–water partition coefficient (Wildman–Crippen LogP) is 2.20. The van der Waals surface area contributed by atoms with Crippen molar-refractivity contribution < 1.29 is 23.7 Å². The fourth-order valence-electron chi connectivity index (χ4n) is 2.88. The van der Waals surface area contributed by atoms with Gasteiger partial charge in [0.1, 0.15) is 18.3 Å². The van der Waals surface area contributed by atoms with Crippen LogP contribution in [0.3, 0.4) is 0 Å². The lowest BCUT2D eigenvalue weighted by molar-refractivity contribution is -0.209. The molecule has 140 valence electrons. The number of allylic oxidation sites excluding steroid dienone is 1. The summed E-state index contributed by atoms with van der Waals surface area (Å²) in [5, 5.41) is 0. The van der Waals surface area contributed by atoms with Crippen molar-refractivity contribution in [1.29, 1.82) is 0 Å². The molecule has 1 aliphatic rings. The van der Waals surface area contributed by atoms with Gasteiger partial charge < -0.3 is 24.7 Å². The second kappa shape index (κ2) is 12.4. The zero-order chi connectivity index (χ0) is 17.8. The van der Waals surface area contributed by atoms with Gasteiger partial charge in [-0.15, -0.1) is 0 Å². The quantitative estimate of drug-likeness (QED) is 0.352. The van der Waals surface area contributed by atoms with E-state index in [1.54, 1.807) is 14.2 Å². The summed E-state index contributed by atoms with van der Waals surface area (Å²) in [7, 11) is 3.17. The molecular formula is C18H33NO5. The molecule has 0 radical (unpaired) electrons. The van der Waals surface area contributed by atoms with Crippen molar-refractivity contribution in [3.63, 3.8) is 0 Å². The molecular weight excluding hydrogens is 310 g/mol. The van der Waals surface area contributed by atoms with Gasteiger partial charge in [0.05, 0.1) is 13.2 Å². The minimum Gasteiger partial charge on any atom is -0.455 e. The van der Waals surface area contributed by atoms with Crippen LogP contribution in [0.25, 0.3) is 0 Å². The van der Waals surface area contributed by atoms with Crippen LogP contribution in [0.1, 0.15) is 45.4 Å². The summed E-state index contributed by atoms with van der Waals surface area (Å²) < 4.78 is 22.1. The molecule has 2 N–H and O–H groups in total. The lowest BCUT2D eigenvalue weighted by Crippen LogP contribution is -2.55. The molecule has 1 rings (SSSR count). The van der Waals surface area contributed by atoms with Gasteiger partial charge in [-0.05, 0) is 12.8 Å². The zero-order valence-corrected chi connectivity index (χ0v) is 15.2. The third-order valence-corrected chi connectivity index (χ3v) is 4.28. The first-order valence-electron chi connectivity index (χ1n) is 8.91. The third-order valence-electron chi connectivity index (χ3n) is 4.28. The normalized spacial score (nSPS) is 27.5. The highest BCUT2D eigenvalue weighted by molar-refractivity contribution is 5.71. The van der Waals surface area contributed by atoms with Crippen LogP contribution >= 0.6 is 0 Å². The second-order valence-corrected chi connectivity index (χ2v) is 6.06. The fourth-order valence-corrected chi connectivity index (χ4v) is 2.88. The maximum atomic E-state index is 11.6. The smallest absolute Gasteiger partial charge is 0.320 e. The lowest BCUT2D eigenvalue weighted by Gasteiger charge is -2.39. The van der Waals surface area contributed by atoms with Gasteiger partial charge in [-0.3, -0.25) is 4.79 Å². The highest BCUT2D eigenvalue weighted by Crippen LogP contribution is 2.24. The van der Waals surface area contributed by atoms with E-state index in [-0.39, 0.29) is 24.9 Å². The molecule has 1 fully saturated rings. The number of hydrogen-bond acceptors (Lipinski definition) is 6. The summed E-state index contributed by atoms with van der Waals surface area (Å²) in [6.45, 7) is 2.44. The summed E-state index contributed by atoms with van der Waals surface area (Å²) in [5.74, 6) is -0.472. The number of methoxy groups -OCH3 is 2. The molecule has 0 amide bonds. The van der Waals surface area contributed by atoms with Crippen molar-refractivity contribution in [2.24, 2.45) is 5.73 Å². The summed E-state index contributed by atoms with van der Waals surface area (Å²) in [6, 6.07) is 0. The summed E-state index contributed by atoms with van der Waals surface area (Å²) >= 11 is 0. The molecule has 1 heterocycles. The third kappa shape index (κ3) is 6.89. The average molecular weight is 343 g/mol. The Kier molecular flexibility index (Phi) is 10.9. The number of nitrogens with two attached hydrogens (primary N) is 1. The number of carbonyl (C=O) groups is 1. The Morgan fingerprint density at radius 3 is 2.54 bits per heavy atom. The van der Waals surface area contributed by atoms with E-state index in [9.17, 15) is 4.79 Å². The molecule has 1 saturated heterocycles. The summed E-state index contributed by atoms with van der Waals surface area (Å²) in [6.07, 6.45) is 9.73. The first kappa shape index (κ1) is 21.1. The van der Waals surface area contributed by atoms with E-state index in [0.29, 0.717) is 6.61 Å². The van der Waals surface area contributed by atoms with Crippen LogP contribution in [0.15, 0.2) is 12.2 Å². The fraction of sp³-hybridized carbons (Fsp3) is 0.833. The molecule has 1 aliphatic heterocycles. The number of rotatable bonds is 11. The van der Waals surface area contributed by atoms with Gasteiger partial charge in [0.25, 0.3) is 0 Å². The van der Waals surface area contributed by atoms with Crippen LogP contribution in [-0.4, -0.2) is 57.8 Å². The standard InChI is InChI=1S/C18H33NO5/c1-4-5-6-7-8-9-10-11-14-18(24-16(20)12-19)17(22-3)15(21-2)13-23-14/h10-11,14-15,17-18H,4-9,12-13,19H2,1-3H3/t14-,15+,17-,18+/m0/s1. The number of hydrogen-bond donors (Lipinski definition) is 1. The van der Waals surface area contributed by atoms with Crippen LogP contribution in [0.4, 0.5) is 0 Å². The average Bonchev–Trinajstić information content (AvgIpc) is 2.61. The first-order chi connectivity index (χ1) is 11.7. The molecule has 6 nitrogen and oxygen atoms in total. The Balaban J connectivity index is 2.59. The molecule has 0 saturated carbocycles. The topological polar surface area (TPSA) is 80.0 Å². The molecule has 0 aromatic carbocycles. The van der Waals surface area contributed by atoms with E-state index in [0.717, 1.165) is 12.8 Å². The van der Waals surface area contributed by atoms with Gasteiger partial charge in [-0.1, -0.05) is 44.8 Å². The Hall–Kier alpha value is -0.950. The van der Waals surface area contributed by atoms with Crippen molar-refractivity contribution in [3.05, 3.63) is 12.2 Å². The lowest BCUT2D eigenvalue weighted by atomic mass is 9.98. The molecule has 0 unspecified atom stereocenters. The predicted molar refractivity (Wildman–Crippen MR) is 92.8 cm³/mol. The van der Waals surface area contributed by atoms with Gasteiger partial charge in [0.15, 0.2) is 6.10 Å². The Morgan fingerprint density at radius 2 is 1.92 bits per heavy atom. The highest BCUT2D eigenvalue weighted by atomic mass is 16.6. The highest BCUT2D eigenvalue weighted by Gasteiger charge is 2.42. The SMILES string of the molecule is CCCCCCCC=C[C@@H]1OC[C@@H](OC)[C@H](OC)[C@@H]1OC(=O)CN. The molecule has 4 atom stereocenters. The number of esters is 1. The van der Waals surface area contributed by atoms with E-state index in [2.05, 4.69) is 13.0 Å². The molecule has 0 aliphatic carbocycles. The Morgan fingerprint density at radius 1 is 1.17 bits per heavy atom. The molecule has 6 heteroatoms. The minimum atomic E-state index is -0.555. The van der Waals surface area contributed by atoms with Gasteiger partial charge in [0.2, 0.25) is 0 Å². The van der Waals surface area contributed by atoms with E-state index < -0.39 is 12.1 Å². The molecule has 0 spiro atoms. The Bertz CT molecular complexity index is 374. The number of unbranched alkanes of at least 4 members (excludes halogenated alkanes) is 5. The largest absolute Gasteiger partial charge is 0.455 e. The van der Waals surface area contributed by atoms with Crippen molar-refractivity contribution in [3.8, 4) is 0 Å². The van der Waals surface area contributed by atoms with Crippen LogP contribution in [0, 0.1) is 0 Å². The summed E-state index contributed by atoms with van der Waals surface area (Å²) in [5.41, 5.74) is 5.36. The Labute approximate surface area is 145 Å². The molecule has 0 aromatic heterocycles. The van der Waals surface area contributed by atoms with Crippen LogP contribution in [0.5, 0.6) is 0 Å². The van der Waals surface area contributed by atoms with Gasteiger partial charge in [0, 0.05) is 14.2 Å². The van der Waals surface area contributed by atoms with E-state index in [1.165, 1.54) is 25.7 Å². The van der Waals surface area contributed by atoms with Crippen molar-refractivity contribution in [2.75, 3.05) is 27.4 Å². The van der Waals surface area contributed by atoms with Gasteiger partial charge in [-0.2, -0.15) is 0 Å². The van der Waals surface area contributed by atoms with E-state index in [4.69, 9.17) is 24.7 Å². The maximum Gasteiger partial charge on any atom is 0.320 e. The van der Waals surface area contributed by atoms with Crippen molar-refractivity contribution >= 4 is 5.97 Å². The van der Waals surface area contributed by atoms with Crippen LogP contribution in [0.2, 0.25) is 0 Å². The number of carbonyl (C=O) groups excluding carboxylic acids is 1. The maximum absolute atomic E-state index is 11.6. The van der Waals surface area contributed by atoms with Crippen LogP contribution in [-0.2, 0) is 23.7 Å². The second-order valence-electron chi connectivity index (χ2n) is 6.06. The first-order valence-corrected chi connectivity index (χ1v) is 8.91. The number of ether oxygens (including phenoxy) is 4. The molecule has 0 bridgehead atoms. The molecule has 0 aromatic rings. The van der Waals surface area contributed by atoms with Gasteiger partial charge >= 0.3 is 5.97 Å². The van der Waals surface area contributed by atoms with E-state index >= 15 is 0 Å². The van der Waals surface area contributed by atoms with Crippen LogP contribution < -0.4 is 5.73 Å². The monoisotopic (exact) mass is 343 g/mol. The van der Waals surface area contributed by atoms with Crippen molar-refractivity contribution in [1.82, 2.24) is 0 Å². The summed E-state index contributed by atoms with van der Waals surface area (Å²) in [4.78, 5) is 11.6. The zero-order valence-electron chi connectivity index (χ0n) is 15.2. The van der Waals surface area contributed by atoms with Gasteiger partial charge in [-0.25, -0.2) is 0 Å². The molecule has 24 heavy (non-hydrogen) atoms. The van der Waals surface area contributed by atoms with Crippen molar-refractivity contribution in [2.45, 2.75) is 69.9 Å². The minimum absolute atomic E-state index is 0.168.